The van der Waals surface area contributed by atoms with E-state index < -0.39 is 45.6 Å². The minimum absolute atomic E-state index is 0.0156. The number of halogens is 5. The van der Waals surface area contributed by atoms with Crippen molar-refractivity contribution in [3.63, 3.8) is 0 Å². The van der Waals surface area contributed by atoms with Crippen LogP contribution in [-0.4, -0.2) is 41.2 Å². The van der Waals surface area contributed by atoms with Crippen molar-refractivity contribution in [2.24, 2.45) is 0 Å². The first kappa shape index (κ1) is 25.6. The number of carbonyl (C=O) groups excluding carboxylic acids is 1. The van der Waals surface area contributed by atoms with Gasteiger partial charge in [-0.3, -0.25) is 9.78 Å². The first-order chi connectivity index (χ1) is 16.9. The topological polar surface area (TPSA) is 92.3 Å². The van der Waals surface area contributed by atoms with Gasteiger partial charge in [-0.25, -0.2) is 17.8 Å². The van der Waals surface area contributed by atoms with E-state index >= 15 is 0 Å². The van der Waals surface area contributed by atoms with Crippen molar-refractivity contribution in [3.8, 4) is 11.3 Å². The molecule has 2 aromatic heterocycles. The lowest BCUT2D eigenvalue weighted by Crippen LogP contribution is -2.45. The summed E-state index contributed by atoms with van der Waals surface area (Å²) in [7, 11) is -4.05. The number of carbonyl (C=O) groups is 1. The van der Waals surface area contributed by atoms with Crippen LogP contribution in [0.4, 0.5) is 22.0 Å². The van der Waals surface area contributed by atoms with E-state index in [0.29, 0.717) is 6.42 Å². The quantitative estimate of drug-likeness (QED) is 0.389. The zero-order valence-corrected chi connectivity index (χ0v) is 19.3. The summed E-state index contributed by atoms with van der Waals surface area (Å²) >= 11 is 0. The Morgan fingerprint density at radius 3 is 2.44 bits per heavy atom. The van der Waals surface area contributed by atoms with Crippen LogP contribution >= 0.6 is 0 Å². The number of nitrogens with one attached hydrogen (secondary N) is 1. The van der Waals surface area contributed by atoms with Gasteiger partial charge >= 0.3 is 6.18 Å². The molecule has 0 saturated carbocycles. The Hall–Kier alpha value is -3.45. The highest BCUT2D eigenvalue weighted by molar-refractivity contribution is 7.89. The van der Waals surface area contributed by atoms with E-state index in [0.717, 1.165) is 53.0 Å². The molecule has 1 atom stereocenters. The lowest BCUT2D eigenvalue weighted by Gasteiger charge is -2.23. The molecule has 7 nitrogen and oxygen atoms in total. The summed E-state index contributed by atoms with van der Waals surface area (Å²) in [4.78, 5) is 19.7. The summed E-state index contributed by atoms with van der Waals surface area (Å²) in [6.45, 7) is -0.0764. The van der Waals surface area contributed by atoms with E-state index in [2.05, 4.69) is 15.3 Å². The fourth-order valence-electron chi connectivity index (χ4n) is 3.85. The maximum absolute atomic E-state index is 14.1. The molecule has 3 heterocycles. The largest absolute Gasteiger partial charge is 0.433 e. The van der Waals surface area contributed by atoms with Gasteiger partial charge in [0.15, 0.2) is 0 Å². The molecule has 0 radical (unpaired) electrons. The predicted octanol–water partition coefficient (Wildman–Crippen LogP) is 3.91. The third-order valence-corrected chi connectivity index (χ3v) is 7.52. The third-order valence-electron chi connectivity index (χ3n) is 5.60. The SMILES string of the molecule is O=C(NCc1cc(F)nc(-c2ccc(C(F)(F)F)nc2)c1)C1CCCN1S(=O)(=O)c1ccc(F)cc1. The molecular weight excluding hydrogens is 507 g/mol. The van der Waals surface area contributed by atoms with Crippen molar-refractivity contribution in [3.05, 3.63) is 77.8 Å². The Labute approximate surface area is 203 Å². The lowest BCUT2D eigenvalue weighted by molar-refractivity contribution is -0.141. The second kappa shape index (κ2) is 9.90. The predicted molar refractivity (Wildman–Crippen MR) is 118 cm³/mol. The zero-order valence-electron chi connectivity index (χ0n) is 18.5. The highest BCUT2D eigenvalue weighted by Gasteiger charge is 2.39. The van der Waals surface area contributed by atoms with Crippen LogP contribution in [0.25, 0.3) is 11.3 Å². The zero-order chi connectivity index (χ0) is 26.1. The van der Waals surface area contributed by atoms with Gasteiger partial charge in [-0.2, -0.15) is 21.9 Å². The second-order valence-electron chi connectivity index (χ2n) is 8.06. The molecule has 0 bridgehead atoms. The van der Waals surface area contributed by atoms with E-state index in [9.17, 15) is 35.2 Å². The van der Waals surface area contributed by atoms with E-state index in [1.54, 1.807) is 0 Å². The van der Waals surface area contributed by atoms with Crippen LogP contribution in [0.2, 0.25) is 0 Å². The van der Waals surface area contributed by atoms with Crippen LogP contribution in [0.5, 0.6) is 0 Å². The molecule has 1 aliphatic heterocycles. The Bertz CT molecular complexity index is 1360. The number of nitrogens with zero attached hydrogens (tertiary/aromatic N) is 3. The number of rotatable bonds is 6. The highest BCUT2D eigenvalue weighted by atomic mass is 32.2. The number of hydrogen-bond donors (Lipinski definition) is 1. The minimum atomic E-state index is -4.62. The second-order valence-corrected chi connectivity index (χ2v) is 9.95. The lowest BCUT2D eigenvalue weighted by atomic mass is 10.1. The maximum Gasteiger partial charge on any atom is 0.433 e. The van der Waals surface area contributed by atoms with E-state index in [-0.39, 0.29) is 41.2 Å². The van der Waals surface area contributed by atoms with Gasteiger partial charge in [0.25, 0.3) is 0 Å². The maximum atomic E-state index is 14.1. The molecule has 36 heavy (non-hydrogen) atoms. The summed E-state index contributed by atoms with van der Waals surface area (Å²) in [6.07, 6.45) is -3.00. The van der Waals surface area contributed by atoms with Crippen molar-refractivity contribution in [1.29, 1.82) is 0 Å². The number of amides is 1. The number of sulfonamides is 1. The van der Waals surface area contributed by atoms with Gasteiger partial charge < -0.3 is 5.32 Å². The van der Waals surface area contributed by atoms with Gasteiger partial charge in [0.05, 0.1) is 10.6 Å². The fourth-order valence-corrected chi connectivity index (χ4v) is 5.51. The summed E-state index contributed by atoms with van der Waals surface area (Å²) in [5, 5.41) is 2.57. The van der Waals surface area contributed by atoms with Crippen molar-refractivity contribution < 1.29 is 35.2 Å². The normalized spacial score (nSPS) is 16.8. The first-order valence-electron chi connectivity index (χ1n) is 10.7. The molecule has 1 aromatic carbocycles. The van der Waals surface area contributed by atoms with E-state index in [1.165, 1.54) is 6.07 Å². The molecule has 1 aliphatic rings. The summed E-state index contributed by atoms with van der Waals surface area (Å²) in [6, 6.07) is 7.55. The van der Waals surface area contributed by atoms with Crippen molar-refractivity contribution in [1.82, 2.24) is 19.6 Å². The van der Waals surface area contributed by atoms with Crippen molar-refractivity contribution in [2.45, 2.75) is 36.5 Å². The molecule has 3 aromatic rings. The number of hydrogen-bond acceptors (Lipinski definition) is 5. The summed E-state index contributed by atoms with van der Waals surface area (Å²) < 4.78 is 92.5. The van der Waals surface area contributed by atoms with Gasteiger partial charge in [0.1, 0.15) is 17.6 Å². The first-order valence-corrected chi connectivity index (χ1v) is 12.1. The molecular formula is C23H19F5N4O3S. The van der Waals surface area contributed by atoms with Gasteiger partial charge in [-0.1, -0.05) is 0 Å². The molecule has 1 N–H and O–H groups in total. The van der Waals surface area contributed by atoms with Gasteiger partial charge in [-0.15, -0.1) is 0 Å². The van der Waals surface area contributed by atoms with E-state index in [4.69, 9.17) is 0 Å². The van der Waals surface area contributed by atoms with Crippen LogP contribution in [0.1, 0.15) is 24.1 Å². The average molecular weight is 526 g/mol. The smallest absolute Gasteiger partial charge is 0.351 e. The summed E-state index contributed by atoms with van der Waals surface area (Å²) in [5.74, 6) is -2.12. The molecule has 0 spiro atoms. The van der Waals surface area contributed by atoms with Crippen LogP contribution in [0, 0.1) is 11.8 Å². The number of alkyl halides is 3. The molecule has 1 saturated heterocycles. The molecule has 190 valence electrons. The van der Waals surface area contributed by atoms with Crippen molar-refractivity contribution >= 4 is 15.9 Å². The van der Waals surface area contributed by atoms with Crippen molar-refractivity contribution in [2.75, 3.05) is 6.54 Å². The van der Waals surface area contributed by atoms with Gasteiger partial charge in [0.2, 0.25) is 21.9 Å². The number of pyridine rings is 2. The molecule has 1 unspecified atom stereocenters. The monoisotopic (exact) mass is 526 g/mol. The highest BCUT2D eigenvalue weighted by Crippen LogP contribution is 2.29. The summed E-state index contributed by atoms with van der Waals surface area (Å²) in [5.41, 5.74) is -0.687. The molecule has 0 aliphatic carbocycles. The van der Waals surface area contributed by atoms with Crippen LogP contribution in [0.15, 0.2) is 59.6 Å². The van der Waals surface area contributed by atoms with Crippen LogP contribution in [-0.2, 0) is 27.5 Å². The van der Waals surface area contributed by atoms with Crippen LogP contribution < -0.4 is 5.32 Å². The molecule has 1 fully saturated rings. The van der Waals surface area contributed by atoms with Gasteiger partial charge in [-0.05, 0) is 66.9 Å². The standard InChI is InChI=1S/C23H19F5N4O3S/c24-16-4-6-17(7-5-16)36(34,35)32-9-1-2-19(32)22(33)30-12-14-10-18(31-21(25)11-14)15-3-8-20(29-13-15)23(26,27)28/h3-8,10-11,13,19H,1-2,9,12H2,(H,30,33). The Balaban J connectivity index is 1.48. The van der Waals surface area contributed by atoms with E-state index in [1.807, 2.05) is 0 Å². The fraction of sp³-hybridized carbons (Fsp3) is 0.261. The Morgan fingerprint density at radius 1 is 1.08 bits per heavy atom. The number of aromatic nitrogens is 2. The molecule has 13 heteroatoms. The average Bonchev–Trinajstić information content (AvgIpc) is 3.33. The molecule has 4 rings (SSSR count). The minimum Gasteiger partial charge on any atom is -0.351 e. The van der Waals surface area contributed by atoms with Gasteiger partial charge in [0, 0.05) is 24.8 Å². The Kier molecular flexibility index (Phi) is 7.05. The molecule has 1 amide bonds. The van der Waals surface area contributed by atoms with Crippen LogP contribution in [0.3, 0.4) is 0 Å². The third kappa shape index (κ3) is 5.51. The number of benzene rings is 1. The Morgan fingerprint density at radius 2 is 1.81 bits per heavy atom.